The van der Waals surface area contributed by atoms with Crippen molar-refractivity contribution in [2.24, 2.45) is 0 Å². The first-order valence-electron chi connectivity index (χ1n) is 5.93. The quantitative estimate of drug-likeness (QED) is 0.867. The van der Waals surface area contributed by atoms with E-state index in [9.17, 15) is 0 Å². The van der Waals surface area contributed by atoms with Gasteiger partial charge in [-0.1, -0.05) is 17.7 Å². The smallest absolute Gasteiger partial charge is 0.142 e. The molecule has 0 aliphatic heterocycles. The molecule has 0 bridgehead atoms. The van der Waals surface area contributed by atoms with Crippen LogP contribution in [0.2, 0.25) is 5.15 Å². The highest BCUT2D eigenvalue weighted by atomic mass is 35.5. The maximum Gasteiger partial charge on any atom is 0.142 e. The van der Waals surface area contributed by atoms with Crippen molar-refractivity contribution in [2.75, 3.05) is 12.4 Å². The van der Waals surface area contributed by atoms with Crippen molar-refractivity contribution in [2.45, 2.75) is 20.8 Å². The molecule has 1 heterocycles. The largest absolute Gasteiger partial charge is 0.495 e. The Kier molecular flexibility index (Phi) is 3.90. The molecule has 0 fully saturated rings. The molecule has 0 aliphatic rings. The molecule has 0 aliphatic carbocycles. The van der Waals surface area contributed by atoms with Crippen molar-refractivity contribution in [3.63, 3.8) is 0 Å². The summed E-state index contributed by atoms with van der Waals surface area (Å²) in [5, 5.41) is 3.71. The number of anilines is 2. The van der Waals surface area contributed by atoms with Crippen molar-refractivity contribution in [1.29, 1.82) is 0 Å². The molecule has 19 heavy (non-hydrogen) atoms. The van der Waals surface area contributed by atoms with Crippen molar-refractivity contribution < 1.29 is 4.74 Å². The average molecular weight is 278 g/mol. The summed E-state index contributed by atoms with van der Waals surface area (Å²) in [6, 6.07) is 5.92. The minimum Gasteiger partial charge on any atom is -0.495 e. The van der Waals surface area contributed by atoms with E-state index in [4.69, 9.17) is 16.3 Å². The molecule has 2 rings (SSSR count). The van der Waals surface area contributed by atoms with E-state index in [-0.39, 0.29) is 0 Å². The lowest BCUT2D eigenvalue weighted by Crippen LogP contribution is -2.02. The Morgan fingerprint density at radius 1 is 1.16 bits per heavy atom. The molecule has 100 valence electrons. The van der Waals surface area contributed by atoms with Crippen LogP contribution in [0.25, 0.3) is 0 Å². The molecule has 0 radical (unpaired) electrons. The lowest BCUT2D eigenvalue weighted by molar-refractivity contribution is 0.416. The lowest BCUT2D eigenvalue weighted by Gasteiger charge is -2.13. The third-order valence-corrected chi connectivity index (χ3v) is 3.17. The fourth-order valence-electron chi connectivity index (χ4n) is 1.76. The molecule has 0 amide bonds. The van der Waals surface area contributed by atoms with E-state index >= 15 is 0 Å². The summed E-state index contributed by atoms with van der Waals surface area (Å²) in [6.07, 6.45) is 0. The Balaban J connectivity index is 2.44. The van der Waals surface area contributed by atoms with Crippen LogP contribution in [0.5, 0.6) is 5.75 Å². The molecular weight excluding hydrogens is 262 g/mol. The predicted molar refractivity (Wildman–Crippen MR) is 77.5 cm³/mol. The first kappa shape index (κ1) is 13.6. The van der Waals surface area contributed by atoms with Gasteiger partial charge in [-0.05, 0) is 38.5 Å². The van der Waals surface area contributed by atoms with Crippen LogP contribution in [0.4, 0.5) is 11.5 Å². The van der Waals surface area contributed by atoms with Crippen LogP contribution in [0.1, 0.15) is 17.0 Å². The topological polar surface area (TPSA) is 47.0 Å². The third kappa shape index (κ3) is 2.96. The summed E-state index contributed by atoms with van der Waals surface area (Å²) in [5.74, 6) is 2.09. The monoisotopic (exact) mass is 277 g/mol. The number of aryl methyl sites for hydroxylation is 2. The zero-order valence-corrected chi connectivity index (χ0v) is 12.2. The maximum absolute atomic E-state index is 6.07. The molecular formula is C14H16ClN3O. The van der Waals surface area contributed by atoms with E-state index in [1.54, 1.807) is 7.11 Å². The number of halogens is 1. The fraction of sp³-hybridized carbons (Fsp3) is 0.286. The standard InChI is InChI=1S/C14H16ClN3O/c1-8-5-6-12(19-4)11(7-8)18-14-9(2)13(15)16-10(3)17-14/h5-7H,1-4H3,(H,16,17,18). The number of hydrogen-bond acceptors (Lipinski definition) is 4. The van der Waals surface area contributed by atoms with Crippen molar-refractivity contribution in [1.82, 2.24) is 9.97 Å². The lowest BCUT2D eigenvalue weighted by atomic mass is 10.2. The summed E-state index contributed by atoms with van der Waals surface area (Å²) >= 11 is 6.07. The van der Waals surface area contributed by atoms with Gasteiger partial charge in [0.2, 0.25) is 0 Å². The Hall–Kier alpha value is -1.81. The van der Waals surface area contributed by atoms with Crippen LogP contribution < -0.4 is 10.1 Å². The molecule has 1 aromatic carbocycles. The van der Waals surface area contributed by atoms with Gasteiger partial charge in [-0.2, -0.15) is 0 Å². The normalized spacial score (nSPS) is 10.4. The van der Waals surface area contributed by atoms with Crippen LogP contribution in [0.3, 0.4) is 0 Å². The van der Waals surface area contributed by atoms with Crippen LogP contribution in [-0.2, 0) is 0 Å². The van der Waals surface area contributed by atoms with Gasteiger partial charge in [-0.15, -0.1) is 0 Å². The minimum atomic E-state index is 0.460. The Labute approximate surface area is 117 Å². The molecule has 0 spiro atoms. The van der Waals surface area contributed by atoms with Gasteiger partial charge in [-0.3, -0.25) is 0 Å². The fourth-order valence-corrected chi connectivity index (χ4v) is 1.97. The van der Waals surface area contributed by atoms with Gasteiger partial charge < -0.3 is 10.1 Å². The molecule has 5 heteroatoms. The first-order valence-corrected chi connectivity index (χ1v) is 6.31. The zero-order valence-electron chi connectivity index (χ0n) is 11.4. The summed E-state index contributed by atoms with van der Waals surface area (Å²) in [5.41, 5.74) is 2.81. The Morgan fingerprint density at radius 2 is 1.89 bits per heavy atom. The minimum absolute atomic E-state index is 0.460. The molecule has 4 nitrogen and oxygen atoms in total. The Morgan fingerprint density at radius 3 is 2.58 bits per heavy atom. The third-order valence-electron chi connectivity index (χ3n) is 2.81. The molecule has 2 aromatic rings. The summed E-state index contributed by atoms with van der Waals surface area (Å²) in [7, 11) is 1.64. The number of nitrogens with zero attached hydrogens (tertiary/aromatic N) is 2. The highest BCUT2D eigenvalue weighted by Crippen LogP contribution is 2.30. The van der Waals surface area contributed by atoms with E-state index in [0.717, 1.165) is 22.6 Å². The number of aromatic nitrogens is 2. The number of methoxy groups -OCH3 is 1. The molecule has 0 saturated heterocycles. The van der Waals surface area contributed by atoms with E-state index in [2.05, 4.69) is 15.3 Å². The number of rotatable bonds is 3. The number of hydrogen-bond donors (Lipinski definition) is 1. The van der Waals surface area contributed by atoms with E-state index in [1.807, 2.05) is 39.0 Å². The first-order chi connectivity index (χ1) is 9.01. The van der Waals surface area contributed by atoms with Crippen molar-refractivity contribution in [3.8, 4) is 5.75 Å². The van der Waals surface area contributed by atoms with Gasteiger partial charge in [0.1, 0.15) is 22.5 Å². The van der Waals surface area contributed by atoms with E-state index in [1.165, 1.54) is 0 Å². The predicted octanol–water partition coefficient (Wildman–Crippen LogP) is 3.81. The molecule has 0 unspecified atom stereocenters. The van der Waals surface area contributed by atoms with Crippen LogP contribution in [0.15, 0.2) is 18.2 Å². The average Bonchev–Trinajstić information content (AvgIpc) is 2.35. The van der Waals surface area contributed by atoms with E-state index in [0.29, 0.717) is 16.8 Å². The number of ether oxygens (including phenoxy) is 1. The van der Waals surface area contributed by atoms with Crippen molar-refractivity contribution >= 4 is 23.1 Å². The van der Waals surface area contributed by atoms with E-state index < -0.39 is 0 Å². The molecule has 0 saturated carbocycles. The second kappa shape index (κ2) is 5.45. The Bertz CT molecular complexity index is 614. The van der Waals surface area contributed by atoms with Crippen LogP contribution >= 0.6 is 11.6 Å². The second-order valence-electron chi connectivity index (χ2n) is 4.36. The van der Waals surface area contributed by atoms with Gasteiger partial charge in [-0.25, -0.2) is 9.97 Å². The van der Waals surface area contributed by atoms with Gasteiger partial charge >= 0.3 is 0 Å². The van der Waals surface area contributed by atoms with Crippen molar-refractivity contribution in [3.05, 3.63) is 40.3 Å². The zero-order chi connectivity index (χ0) is 14.0. The second-order valence-corrected chi connectivity index (χ2v) is 4.72. The number of benzene rings is 1. The maximum atomic E-state index is 6.07. The van der Waals surface area contributed by atoms with Crippen LogP contribution in [-0.4, -0.2) is 17.1 Å². The highest BCUT2D eigenvalue weighted by Gasteiger charge is 2.10. The van der Waals surface area contributed by atoms with Gasteiger partial charge in [0.15, 0.2) is 0 Å². The van der Waals surface area contributed by atoms with Crippen LogP contribution in [0, 0.1) is 20.8 Å². The molecule has 1 N–H and O–H groups in total. The number of nitrogens with one attached hydrogen (secondary N) is 1. The van der Waals surface area contributed by atoms with Gasteiger partial charge in [0, 0.05) is 5.56 Å². The highest BCUT2D eigenvalue weighted by molar-refractivity contribution is 6.30. The van der Waals surface area contributed by atoms with Gasteiger partial charge in [0.05, 0.1) is 12.8 Å². The summed E-state index contributed by atoms with van der Waals surface area (Å²) in [4.78, 5) is 8.49. The SMILES string of the molecule is COc1ccc(C)cc1Nc1nc(C)nc(Cl)c1C. The molecule has 0 atom stereocenters. The molecule has 1 aromatic heterocycles. The summed E-state index contributed by atoms with van der Waals surface area (Å²) in [6.45, 7) is 5.71. The summed E-state index contributed by atoms with van der Waals surface area (Å²) < 4.78 is 5.33. The van der Waals surface area contributed by atoms with Gasteiger partial charge in [0.25, 0.3) is 0 Å².